The largest absolute Gasteiger partial charge is 0.494 e. The molecule has 1 aliphatic heterocycles. The molecule has 1 heterocycles. The molecule has 1 aliphatic rings. The van der Waals surface area contributed by atoms with Crippen molar-refractivity contribution >= 4 is 15.7 Å². The van der Waals surface area contributed by atoms with Gasteiger partial charge in [0.1, 0.15) is 11.6 Å². The van der Waals surface area contributed by atoms with Gasteiger partial charge in [-0.1, -0.05) is 6.07 Å². The molecule has 5 nitrogen and oxygen atoms in total. The number of nitrogens with zero attached hydrogens (tertiary/aromatic N) is 1. The van der Waals surface area contributed by atoms with E-state index in [1.807, 2.05) is 6.92 Å². The Hall–Kier alpha value is -2.41. The van der Waals surface area contributed by atoms with Gasteiger partial charge in [-0.15, -0.1) is 0 Å². The quantitative estimate of drug-likeness (QED) is 0.690. The minimum Gasteiger partial charge on any atom is -0.494 e. The third-order valence-electron chi connectivity index (χ3n) is 5.02. The SMILES string of the molecule is CC1c2cc(F)ccc2CCN1C(=O)CCCOc1ccc(S(C)(=O)=O)cc1. The summed E-state index contributed by atoms with van der Waals surface area (Å²) in [4.78, 5) is 14.6. The molecule has 2 aromatic carbocycles. The summed E-state index contributed by atoms with van der Waals surface area (Å²) in [6.45, 7) is 2.92. The molecular weight excluding hydrogens is 381 g/mol. The first-order valence-corrected chi connectivity index (χ1v) is 11.2. The van der Waals surface area contributed by atoms with Crippen LogP contribution >= 0.6 is 0 Å². The Morgan fingerprint density at radius 1 is 1.21 bits per heavy atom. The highest BCUT2D eigenvalue weighted by Crippen LogP contribution is 2.30. The van der Waals surface area contributed by atoms with Gasteiger partial charge in [0, 0.05) is 19.2 Å². The molecule has 0 radical (unpaired) electrons. The number of hydrogen-bond donors (Lipinski definition) is 0. The fourth-order valence-corrected chi connectivity index (χ4v) is 4.10. The Morgan fingerprint density at radius 2 is 1.93 bits per heavy atom. The van der Waals surface area contributed by atoms with Crippen molar-refractivity contribution in [3.63, 3.8) is 0 Å². The highest BCUT2D eigenvalue weighted by molar-refractivity contribution is 7.90. The van der Waals surface area contributed by atoms with Gasteiger partial charge in [-0.25, -0.2) is 12.8 Å². The topological polar surface area (TPSA) is 63.7 Å². The molecule has 0 aliphatic carbocycles. The van der Waals surface area contributed by atoms with Crippen molar-refractivity contribution in [2.24, 2.45) is 0 Å². The van der Waals surface area contributed by atoms with Crippen molar-refractivity contribution in [2.75, 3.05) is 19.4 Å². The average molecular weight is 405 g/mol. The zero-order valence-electron chi connectivity index (χ0n) is 16.0. The van der Waals surface area contributed by atoms with Crippen molar-refractivity contribution in [1.82, 2.24) is 4.90 Å². The number of carbonyl (C=O) groups excluding carboxylic acids is 1. The standard InChI is InChI=1S/C21H24FNO4S/c1-15-20-14-17(22)6-5-16(20)11-12-23(15)21(24)4-3-13-27-18-7-9-19(10-8-18)28(2,25)26/h5-10,14-15H,3-4,11-13H2,1-2H3. The Balaban J connectivity index is 1.50. The molecular formula is C21H24FNO4S. The van der Waals surface area contributed by atoms with E-state index in [0.717, 1.165) is 23.8 Å². The number of hydrogen-bond acceptors (Lipinski definition) is 4. The van der Waals surface area contributed by atoms with E-state index >= 15 is 0 Å². The fourth-order valence-electron chi connectivity index (χ4n) is 3.47. The Bertz CT molecular complexity index is 957. The van der Waals surface area contributed by atoms with Crippen LogP contribution in [0.2, 0.25) is 0 Å². The summed E-state index contributed by atoms with van der Waals surface area (Å²) in [5.41, 5.74) is 1.97. The first-order chi connectivity index (χ1) is 13.3. The molecule has 1 unspecified atom stereocenters. The lowest BCUT2D eigenvalue weighted by molar-refractivity contribution is -0.134. The molecule has 0 saturated heterocycles. The van der Waals surface area contributed by atoms with E-state index in [2.05, 4.69) is 0 Å². The van der Waals surface area contributed by atoms with Crippen LogP contribution in [0.25, 0.3) is 0 Å². The molecule has 7 heteroatoms. The first kappa shape index (κ1) is 20.3. The van der Waals surface area contributed by atoms with E-state index in [9.17, 15) is 17.6 Å². The highest BCUT2D eigenvalue weighted by atomic mass is 32.2. The minimum atomic E-state index is -3.23. The molecule has 1 amide bonds. The van der Waals surface area contributed by atoms with E-state index in [4.69, 9.17) is 4.74 Å². The molecule has 0 aromatic heterocycles. The predicted molar refractivity (Wildman–Crippen MR) is 105 cm³/mol. The maximum atomic E-state index is 13.5. The summed E-state index contributed by atoms with van der Waals surface area (Å²) in [5.74, 6) is 0.309. The van der Waals surface area contributed by atoms with Crippen LogP contribution < -0.4 is 4.74 Å². The van der Waals surface area contributed by atoms with Gasteiger partial charge in [0.2, 0.25) is 5.91 Å². The van der Waals surface area contributed by atoms with Crippen LogP contribution in [-0.4, -0.2) is 38.6 Å². The third kappa shape index (κ3) is 4.70. The normalized spacial score (nSPS) is 16.5. The molecule has 0 saturated carbocycles. The lowest BCUT2D eigenvalue weighted by Gasteiger charge is -2.35. The van der Waals surface area contributed by atoms with Gasteiger partial charge in [-0.2, -0.15) is 0 Å². The summed E-state index contributed by atoms with van der Waals surface area (Å²) in [5, 5.41) is 0. The van der Waals surface area contributed by atoms with Crippen molar-refractivity contribution in [3.05, 3.63) is 59.4 Å². The van der Waals surface area contributed by atoms with Crippen LogP contribution in [0.3, 0.4) is 0 Å². The van der Waals surface area contributed by atoms with Crippen LogP contribution in [0.4, 0.5) is 4.39 Å². The molecule has 3 rings (SSSR count). The van der Waals surface area contributed by atoms with E-state index in [1.54, 1.807) is 23.1 Å². The number of amides is 1. The molecule has 0 bridgehead atoms. The van der Waals surface area contributed by atoms with Crippen LogP contribution in [-0.2, 0) is 21.1 Å². The van der Waals surface area contributed by atoms with Gasteiger partial charge >= 0.3 is 0 Å². The predicted octanol–water partition coefficient (Wildman–Crippen LogP) is 3.53. The number of sulfone groups is 1. The van der Waals surface area contributed by atoms with Gasteiger partial charge in [0.05, 0.1) is 17.5 Å². The lowest BCUT2D eigenvalue weighted by Crippen LogP contribution is -2.38. The molecule has 2 aromatic rings. The maximum Gasteiger partial charge on any atom is 0.223 e. The number of benzene rings is 2. The summed E-state index contributed by atoms with van der Waals surface area (Å²) in [6, 6.07) is 10.9. The monoisotopic (exact) mass is 405 g/mol. The second-order valence-electron chi connectivity index (χ2n) is 7.05. The van der Waals surface area contributed by atoms with Crippen molar-refractivity contribution in [2.45, 2.75) is 37.1 Å². The highest BCUT2D eigenvalue weighted by Gasteiger charge is 2.27. The Kier molecular flexibility index (Phi) is 6.03. The number of rotatable bonds is 6. The Morgan fingerprint density at radius 3 is 2.61 bits per heavy atom. The molecule has 28 heavy (non-hydrogen) atoms. The minimum absolute atomic E-state index is 0.0263. The number of carbonyl (C=O) groups is 1. The van der Waals surface area contributed by atoms with Crippen LogP contribution in [0.5, 0.6) is 5.75 Å². The van der Waals surface area contributed by atoms with Crippen molar-refractivity contribution in [3.8, 4) is 5.75 Å². The second-order valence-corrected chi connectivity index (χ2v) is 9.07. The van der Waals surface area contributed by atoms with Crippen molar-refractivity contribution in [1.29, 1.82) is 0 Å². The number of fused-ring (bicyclic) bond motifs is 1. The third-order valence-corrected chi connectivity index (χ3v) is 6.15. The van der Waals surface area contributed by atoms with Gasteiger partial charge in [-0.3, -0.25) is 4.79 Å². The van der Waals surface area contributed by atoms with E-state index in [-0.39, 0.29) is 22.7 Å². The zero-order chi connectivity index (χ0) is 20.3. The van der Waals surface area contributed by atoms with Gasteiger partial charge in [0.15, 0.2) is 9.84 Å². The van der Waals surface area contributed by atoms with Gasteiger partial charge < -0.3 is 9.64 Å². The Labute approximate surface area is 165 Å². The van der Waals surface area contributed by atoms with E-state index in [0.29, 0.717) is 31.7 Å². The van der Waals surface area contributed by atoms with Gasteiger partial charge in [0.25, 0.3) is 0 Å². The molecule has 1 atom stereocenters. The summed E-state index contributed by atoms with van der Waals surface area (Å²) in [6.07, 6.45) is 2.78. The van der Waals surface area contributed by atoms with Crippen molar-refractivity contribution < 1.29 is 22.3 Å². The average Bonchev–Trinajstić information content (AvgIpc) is 2.65. The summed E-state index contributed by atoms with van der Waals surface area (Å²) < 4.78 is 42.0. The van der Waals surface area contributed by atoms with Crippen LogP contribution in [0.1, 0.15) is 36.9 Å². The van der Waals surface area contributed by atoms with E-state index in [1.165, 1.54) is 24.3 Å². The molecule has 0 fully saturated rings. The maximum absolute atomic E-state index is 13.5. The first-order valence-electron chi connectivity index (χ1n) is 9.26. The number of halogens is 1. The number of ether oxygens (including phenoxy) is 1. The van der Waals surface area contributed by atoms with Crippen LogP contribution in [0, 0.1) is 5.82 Å². The summed E-state index contributed by atoms with van der Waals surface area (Å²) >= 11 is 0. The molecule has 150 valence electrons. The second kappa shape index (κ2) is 8.31. The lowest BCUT2D eigenvalue weighted by atomic mass is 9.93. The smallest absolute Gasteiger partial charge is 0.223 e. The molecule has 0 N–H and O–H groups in total. The fraction of sp³-hybridized carbons (Fsp3) is 0.381. The zero-order valence-corrected chi connectivity index (χ0v) is 16.8. The van der Waals surface area contributed by atoms with E-state index < -0.39 is 9.84 Å². The molecule has 0 spiro atoms. The summed E-state index contributed by atoms with van der Waals surface area (Å²) in [7, 11) is -3.23. The van der Waals surface area contributed by atoms with Gasteiger partial charge in [-0.05, 0) is 67.3 Å². The van der Waals surface area contributed by atoms with Crippen LogP contribution in [0.15, 0.2) is 47.4 Å².